The fourth-order valence-corrected chi connectivity index (χ4v) is 3.19. The van der Waals surface area contributed by atoms with E-state index in [4.69, 9.17) is 11.6 Å². The maximum Gasteiger partial charge on any atom is 0.311 e. The fraction of sp³-hybridized carbons (Fsp3) is 0.533. The minimum atomic E-state index is -0.816. The van der Waals surface area contributed by atoms with E-state index in [1.807, 2.05) is 6.92 Å². The zero-order chi connectivity index (χ0) is 15.6. The van der Waals surface area contributed by atoms with Gasteiger partial charge in [0, 0.05) is 24.3 Å². The van der Waals surface area contributed by atoms with Crippen molar-refractivity contribution in [1.29, 1.82) is 0 Å². The van der Waals surface area contributed by atoms with Crippen molar-refractivity contribution >= 4 is 23.5 Å². The molecule has 1 N–H and O–H groups in total. The summed E-state index contributed by atoms with van der Waals surface area (Å²) in [6, 6.07) is 3.20. The van der Waals surface area contributed by atoms with Crippen LogP contribution < -0.4 is 0 Å². The van der Waals surface area contributed by atoms with Crippen LogP contribution in [-0.2, 0) is 4.79 Å². The minimum Gasteiger partial charge on any atom is -0.481 e. The Bertz CT molecular complexity index is 556. The Morgan fingerprint density at radius 2 is 2.19 bits per heavy atom. The smallest absolute Gasteiger partial charge is 0.311 e. The predicted octanol–water partition coefficient (Wildman–Crippen LogP) is 2.76. The Balaban J connectivity index is 2.20. The number of carboxylic acids is 1. The highest BCUT2D eigenvalue weighted by Crippen LogP contribution is 2.36. The molecule has 1 saturated heterocycles. The molecule has 0 radical (unpaired) electrons. The molecule has 21 heavy (non-hydrogen) atoms. The molecule has 1 unspecified atom stereocenters. The van der Waals surface area contributed by atoms with Crippen molar-refractivity contribution in [3.63, 3.8) is 0 Å². The summed E-state index contributed by atoms with van der Waals surface area (Å²) < 4.78 is 0. The molecular formula is C15H19ClN2O3. The molecule has 1 amide bonds. The first-order chi connectivity index (χ1) is 9.88. The van der Waals surface area contributed by atoms with Gasteiger partial charge in [0.05, 0.1) is 5.41 Å². The number of pyridine rings is 1. The van der Waals surface area contributed by atoms with Crippen LogP contribution in [0.2, 0.25) is 5.15 Å². The van der Waals surface area contributed by atoms with E-state index in [0.717, 1.165) is 6.42 Å². The highest BCUT2D eigenvalue weighted by molar-refractivity contribution is 6.29. The molecule has 0 saturated carbocycles. The van der Waals surface area contributed by atoms with Gasteiger partial charge in [0.25, 0.3) is 5.91 Å². The number of aryl methyl sites for hydroxylation is 1. The number of carbonyl (C=O) groups is 2. The van der Waals surface area contributed by atoms with E-state index in [9.17, 15) is 14.7 Å². The zero-order valence-electron chi connectivity index (χ0n) is 12.2. The van der Waals surface area contributed by atoms with Crippen LogP contribution in [-0.4, -0.2) is 40.0 Å². The summed E-state index contributed by atoms with van der Waals surface area (Å²) in [5, 5.41) is 9.76. The van der Waals surface area contributed by atoms with Crippen LogP contribution in [0.5, 0.6) is 0 Å². The summed E-state index contributed by atoms with van der Waals surface area (Å²) >= 11 is 5.88. The van der Waals surface area contributed by atoms with Crippen molar-refractivity contribution in [3.8, 4) is 0 Å². The number of carboxylic acid groups (broad SMARTS) is 1. The molecule has 1 aromatic rings. The second-order valence-electron chi connectivity index (χ2n) is 5.63. The number of halogens is 1. The van der Waals surface area contributed by atoms with Gasteiger partial charge in [-0.25, -0.2) is 4.98 Å². The summed E-state index contributed by atoms with van der Waals surface area (Å²) in [4.78, 5) is 29.7. The standard InChI is InChI=1S/C15H19ClN2O3/c1-3-4-15(14(20)21)5-6-18(9-15)13(19)11-7-10(2)17-12(16)8-11/h7-8H,3-6,9H2,1-2H3,(H,20,21). The van der Waals surface area contributed by atoms with Gasteiger partial charge in [0.1, 0.15) is 5.15 Å². The Labute approximate surface area is 128 Å². The number of hydrogen-bond donors (Lipinski definition) is 1. The van der Waals surface area contributed by atoms with Gasteiger partial charge in [-0.3, -0.25) is 9.59 Å². The van der Waals surface area contributed by atoms with E-state index in [0.29, 0.717) is 30.6 Å². The van der Waals surface area contributed by atoms with Crippen molar-refractivity contribution in [2.24, 2.45) is 5.41 Å². The van der Waals surface area contributed by atoms with Gasteiger partial charge in [0.15, 0.2) is 0 Å². The first-order valence-corrected chi connectivity index (χ1v) is 7.42. The molecule has 0 spiro atoms. The van der Waals surface area contributed by atoms with Crippen molar-refractivity contribution < 1.29 is 14.7 Å². The SMILES string of the molecule is CCCC1(C(=O)O)CCN(C(=O)c2cc(C)nc(Cl)c2)C1. The Hall–Kier alpha value is -1.62. The summed E-state index contributed by atoms with van der Waals surface area (Å²) in [7, 11) is 0. The number of aromatic nitrogens is 1. The molecule has 2 rings (SSSR count). The number of likely N-dealkylation sites (tertiary alicyclic amines) is 1. The number of nitrogens with zero attached hydrogens (tertiary/aromatic N) is 2. The van der Waals surface area contributed by atoms with Crippen LogP contribution >= 0.6 is 11.6 Å². The van der Waals surface area contributed by atoms with E-state index in [1.165, 1.54) is 6.07 Å². The van der Waals surface area contributed by atoms with Crippen molar-refractivity contribution in [1.82, 2.24) is 9.88 Å². The Morgan fingerprint density at radius 1 is 1.48 bits per heavy atom. The lowest BCUT2D eigenvalue weighted by Gasteiger charge is -2.24. The van der Waals surface area contributed by atoms with Crippen LogP contribution in [0, 0.1) is 12.3 Å². The Morgan fingerprint density at radius 3 is 2.76 bits per heavy atom. The summed E-state index contributed by atoms with van der Waals surface area (Å²) in [6.45, 7) is 4.45. The van der Waals surface area contributed by atoms with Crippen LogP contribution in [0.3, 0.4) is 0 Å². The lowest BCUT2D eigenvalue weighted by atomic mass is 9.83. The third-order valence-electron chi connectivity index (χ3n) is 3.99. The van der Waals surface area contributed by atoms with E-state index in [1.54, 1.807) is 17.9 Å². The molecule has 114 valence electrons. The molecule has 1 atom stereocenters. The largest absolute Gasteiger partial charge is 0.481 e. The lowest BCUT2D eigenvalue weighted by molar-refractivity contribution is -0.148. The average Bonchev–Trinajstić information content (AvgIpc) is 2.83. The van der Waals surface area contributed by atoms with Gasteiger partial charge in [-0.15, -0.1) is 0 Å². The lowest BCUT2D eigenvalue weighted by Crippen LogP contribution is -2.37. The van der Waals surface area contributed by atoms with Crippen LogP contribution in [0.25, 0.3) is 0 Å². The first-order valence-electron chi connectivity index (χ1n) is 7.05. The third-order valence-corrected chi connectivity index (χ3v) is 4.19. The van der Waals surface area contributed by atoms with Crippen molar-refractivity contribution in [2.45, 2.75) is 33.1 Å². The van der Waals surface area contributed by atoms with Crippen molar-refractivity contribution in [3.05, 3.63) is 28.5 Å². The molecule has 6 heteroatoms. The minimum absolute atomic E-state index is 0.179. The maximum atomic E-state index is 12.5. The number of aliphatic carboxylic acids is 1. The molecule has 1 aromatic heterocycles. The molecule has 1 aliphatic rings. The highest BCUT2D eigenvalue weighted by atomic mass is 35.5. The van der Waals surface area contributed by atoms with Gasteiger partial charge in [0.2, 0.25) is 0 Å². The number of rotatable bonds is 4. The topological polar surface area (TPSA) is 70.5 Å². The third kappa shape index (κ3) is 3.18. The van der Waals surface area contributed by atoms with E-state index in [2.05, 4.69) is 4.98 Å². The second kappa shape index (κ2) is 6.02. The quantitative estimate of drug-likeness (QED) is 0.868. The van der Waals surface area contributed by atoms with Gasteiger partial charge in [-0.05, 0) is 31.9 Å². The number of hydrogen-bond acceptors (Lipinski definition) is 3. The molecule has 5 nitrogen and oxygen atoms in total. The molecule has 2 heterocycles. The van der Waals surface area contributed by atoms with E-state index < -0.39 is 11.4 Å². The van der Waals surface area contributed by atoms with Crippen LogP contribution in [0.4, 0.5) is 0 Å². The maximum absolute atomic E-state index is 12.5. The molecule has 1 fully saturated rings. The second-order valence-corrected chi connectivity index (χ2v) is 6.02. The van der Waals surface area contributed by atoms with Gasteiger partial charge in [-0.1, -0.05) is 24.9 Å². The van der Waals surface area contributed by atoms with Gasteiger partial charge in [-0.2, -0.15) is 0 Å². The molecule has 0 aromatic carbocycles. The normalized spacial score (nSPS) is 21.6. The summed E-state index contributed by atoms with van der Waals surface area (Å²) in [5.74, 6) is -0.995. The number of carbonyl (C=O) groups excluding carboxylic acids is 1. The first kappa shape index (κ1) is 15.8. The molecule has 0 aliphatic carbocycles. The number of amides is 1. The van der Waals surface area contributed by atoms with Gasteiger partial charge < -0.3 is 10.0 Å². The average molecular weight is 311 g/mol. The van der Waals surface area contributed by atoms with E-state index in [-0.39, 0.29) is 17.6 Å². The fourth-order valence-electron chi connectivity index (χ4n) is 2.94. The monoisotopic (exact) mass is 310 g/mol. The van der Waals surface area contributed by atoms with Crippen LogP contribution in [0.1, 0.15) is 42.2 Å². The molecule has 1 aliphatic heterocycles. The summed E-state index contributed by atoms with van der Waals surface area (Å²) in [5.41, 5.74) is 0.323. The van der Waals surface area contributed by atoms with Crippen LogP contribution in [0.15, 0.2) is 12.1 Å². The van der Waals surface area contributed by atoms with E-state index >= 15 is 0 Å². The van der Waals surface area contributed by atoms with Crippen molar-refractivity contribution in [2.75, 3.05) is 13.1 Å². The predicted molar refractivity (Wildman–Crippen MR) is 79.5 cm³/mol. The zero-order valence-corrected chi connectivity index (χ0v) is 13.0. The molecule has 0 bridgehead atoms. The molecular weight excluding hydrogens is 292 g/mol. The highest BCUT2D eigenvalue weighted by Gasteiger charge is 2.45. The summed E-state index contributed by atoms with van der Waals surface area (Å²) in [6.07, 6.45) is 1.87. The Kier molecular flexibility index (Phi) is 4.52. The van der Waals surface area contributed by atoms with Gasteiger partial charge >= 0.3 is 5.97 Å².